The fourth-order valence-corrected chi connectivity index (χ4v) is 2.00. The minimum Gasteiger partial charge on any atom is -0.469 e. The molecule has 0 fully saturated rings. The van der Waals surface area contributed by atoms with Crippen LogP contribution in [0.15, 0.2) is 4.99 Å². The summed E-state index contributed by atoms with van der Waals surface area (Å²) in [5.74, 6) is 0.602. The van der Waals surface area contributed by atoms with E-state index in [-0.39, 0.29) is 29.9 Å². The maximum atomic E-state index is 11.5. The van der Waals surface area contributed by atoms with Gasteiger partial charge < -0.3 is 25.4 Å². The highest BCUT2D eigenvalue weighted by atomic mass is 127. The SMILES string of the molecule is CCNC(=NCCCNC(=O)OC(C)(C)C)NCCCCCC(=O)OC.I. The predicted octanol–water partition coefficient (Wildman–Crippen LogP) is 2.81. The number of esters is 1. The van der Waals surface area contributed by atoms with Crippen LogP contribution in [0.5, 0.6) is 0 Å². The van der Waals surface area contributed by atoms with Crippen molar-refractivity contribution in [3.8, 4) is 0 Å². The van der Waals surface area contributed by atoms with Crippen molar-refractivity contribution in [1.29, 1.82) is 0 Å². The van der Waals surface area contributed by atoms with E-state index < -0.39 is 11.7 Å². The summed E-state index contributed by atoms with van der Waals surface area (Å²) in [5.41, 5.74) is -0.485. The molecule has 3 N–H and O–H groups in total. The minimum atomic E-state index is -0.485. The lowest BCUT2D eigenvalue weighted by Gasteiger charge is -2.19. The molecule has 27 heavy (non-hydrogen) atoms. The molecule has 0 saturated heterocycles. The van der Waals surface area contributed by atoms with Gasteiger partial charge in [-0.2, -0.15) is 0 Å². The highest BCUT2D eigenvalue weighted by molar-refractivity contribution is 14.0. The normalized spacial score (nSPS) is 11.2. The van der Waals surface area contributed by atoms with Crippen molar-refractivity contribution in [2.75, 3.05) is 33.3 Å². The van der Waals surface area contributed by atoms with E-state index in [0.29, 0.717) is 19.5 Å². The van der Waals surface area contributed by atoms with Gasteiger partial charge in [-0.25, -0.2) is 4.79 Å². The van der Waals surface area contributed by atoms with Crippen molar-refractivity contribution in [3.05, 3.63) is 0 Å². The van der Waals surface area contributed by atoms with Crippen LogP contribution in [-0.2, 0) is 14.3 Å². The topological polar surface area (TPSA) is 101 Å². The molecule has 0 aliphatic heterocycles. The Morgan fingerprint density at radius 3 is 2.22 bits per heavy atom. The molecular formula is C18H37IN4O4. The summed E-state index contributed by atoms with van der Waals surface area (Å²) in [7, 11) is 1.41. The van der Waals surface area contributed by atoms with Crippen molar-refractivity contribution in [2.24, 2.45) is 4.99 Å². The van der Waals surface area contributed by atoms with Crippen molar-refractivity contribution < 1.29 is 19.1 Å². The summed E-state index contributed by atoms with van der Waals surface area (Å²) in [6.45, 7) is 10.2. The van der Waals surface area contributed by atoms with E-state index in [1.54, 1.807) is 0 Å². The second-order valence-electron chi connectivity index (χ2n) is 6.86. The molecule has 0 rings (SSSR count). The number of ether oxygens (including phenoxy) is 2. The van der Waals surface area contributed by atoms with Crippen LogP contribution in [0.3, 0.4) is 0 Å². The maximum Gasteiger partial charge on any atom is 0.407 e. The van der Waals surface area contributed by atoms with Gasteiger partial charge in [-0.1, -0.05) is 6.42 Å². The van der Waals surface area contributed by atoms with Gasteiger partial charge in [0, 0.05) is 32.6 Å². The Bertz CT molecular complexity index is 440. The number of aliphatic imine (C=N–C) groups is 1. The van der Waals surface area contributed by atoms with Crippen LogP contribution < -0.4 is 16.0 Å². The van der Waals surface area contributed by atoms with Gasteiger partial charge >= 0.3 is 12.1 Å². The van der Waals surface area contributed by atoms with Crippen LogP contribution in [0.4, 0.5) is 4.79 Å². The molecule has 8 nitrogen and oxygen atoms in total. The zero-order valence-electron chi connectivity index (χ0n) is 17.4. The van der Waals surface area contributed by atoms with Gasteiger partial charge in [0.15, 0.2) is 5.96 Å². The first-order valence-corrected chi connectivity index (χ1v) is 9.34. The number of amides is 1. The summed E-state index contributed by atoms with van der Waals surface area (Å²) in [5, 5.41) is 9.16. The number of rotatable bonds is 11. The highest BCUT2D eigenvalue weighted by Crippen LogP contribution is 2.06. The van der Waals surface area contributed by atoms with Crippen molar-refractivity contribution in [2.45, 2.75) is 65.4 Å². The van der Waals surface area contributed by atoms with Crippen LogP contribution in [0.25, 0.3) is 0 Å². The summed E-state index contributed by atoms with van der Waals surface area (Å²) >= 11 is 0. The van der Waals surface area contributed by atoms with Gasteiger partial charge in [-0.05, 0) is 47.0 Å². The Morgan fingerprint density at radius 1 is 0.963 bits per heavy atom. The molecule has 0 spiro atoms. The number of alkyl carbamates (subject to hydrolysis) is 1. The van der Waals surface area contributed by atoms with Crippen LogP contribution in [0, 0.1) is 0 Å². The molecule has 1 amide bonds. The summed E-state index contributed by atoms with van der Waals surface area (Å²) in [6, 6.07) is 0. The Kier molecular flexibility index (Phi) is 17.5. The number of carbonyl (C=O) groups is 2. The standard InChI is InChI=1S/C18H36N4O4.HI/c1-6-19-16(20-12-9-7-8-11-15(23)25-5)21-13-10-14-22-17(24)26-18(2,3)4;/h6-14H2,1-5H3,(H,22,24)(H2,19,20,21);1H. The zero-order valence-corrected chi connectivity index (χ0v) is 19.7. The first kappa shape index (κ1) is 28.0. The molecule has 0 atom stereocenters. The van der Waals surface area contributed by atoms with Crippen LogP contribution in [0.2, 0.25) is 0 Å². The number of carbonyl (C=O) groups excluding carboxylic acids is 2. The van der Waals surface area contributed by atoms with E-state index in [1.807, 2.05) is 27.7 Å². The molecule has 0 aromatic carbocycles. The average Bonchev–Trinajstić information content (AvgIpc) is 2.55. The van der Waals surface area contributed by atoms with E-state index in [0.717, 1.165) is 44.7 Å². The third-order valence-corrected chi connectivity index (χ3v) is 3.20. The average molecular weight is 500 g/mol. The third kappa shape index (κ3) is 19.3. The zero-order chi connectivity index (χ0) is 19.8. The molecule has 0 radical (unpaired) electrons. The molecule has 0 unspecified atom stereocenters. The molecule has 0 heterocycles. The van der Waals surface area contributed by atoms with E-state index in [4.69, 9.17) is 4.74 Å². The second-order valence-corrected chi connectivity index (χ2v) is 6.86. The van der Waals surface area contributed by atoms with Crippen LogP contribution in [-0.4, -0.2) is 56.9 Å². The number of unbranched alkanes of at least 4 members (excludes halogenated alkanes) is 2. The Labute approximate surface area is 180 Å². The monoisotopic (exact) mass is 500 g/mol. The molecule has 0 aromatic heterocycles. The van der Waals surface area contributed by atoms with Crippen LogP contribution in [0.1, 0.15) is 59.8 Å². The van der Waals surface area contributed by atoms with Crippen molar-refractivity contribution >= 4 is 42.0 Å². The largest absolute Gasteiger partial charge is 0.469 e. The predicted molar refractivity (Wildman–Crippen MR) is 119 cm³/mol. The van der Waals surface area contributed by atoms with Gasteiger partial charge in [-0.15, -0.1) is 24.0 Å². The lowest BCUT2D eigenvalue weighted by Crippen LogP contribution is -2.38. The smallest absolute Gasteiger partial charge is 0.407 e. The van der Waals surface area contributed by atoms with E-state index in [1.165, 1.54) is 7.11 Å². The number of methoxy groups -OCH3 is 1. The van der Waals surface area contributed by atoms with Crippen molar-refractivity contribution in [3.63, 3.8) is 0 Å². The number of nitrogens with one attached hydrogen (secondary N) is 3. The summed E-state index contributed by atoms with van der Waals surface area (Å²) < 4.78 is 9.78. The molecule has 0 aliphatic carbocycles. The Balaban J connectivity index is 0. The van der Waals surface area contributed by atoms with Crippen molar-refractivity contribution in [1.82, 2.24) is 16.0 Å². The quantitative estimate of drug-likeness (QED) is 0.133. The van der Waals surface area contributed by atoms with Gasteiger partial charge in [0.2, 0.25) is 0 Å². The van der Waals surface area contributed by atoms with E-state index in [2.05, 4.69) is 25.7 Å². The van der Waals surface area contributed by atoms with E-state index in [9.17, 15) is 9.59 Å². The second kappa shape index (κ2) is 16.9. The van der Waals surface area contributed by atoms with Gasteiger partial charge in [0.25, 0.3) is 0 Å². The fraction of sp³-hybridized carbons (Fsp3) is 0.833. The first-order valence-electron chi connectivity index (χ1n) is 9.34. The fourth-order valence-electron chi connectivity index (χ4n) is 2.00. The number of nitrogens with zero attached hydrogens (tertiary/aromatic N) is 1. The number of halogens is 1. The molecule has 0 aromatic rings. The Morgan fingerprint density at radius 2 is 1.63 bits per heavy atom. The minimum absolute atomic E-state index is 0. The van der Waals surface area contributed by atoms with Gasteiger partial charge in [0.05, 0.1) is 7.11 Å². The number of hydrogen-bond donors (Lipinski definition) is 3. The summed E-state index contributed by atoms with van der Waals surface area (Å²) in [6.07, 6.45) is 3.55. The molecule has 0 aliphatic rings. The molecule has 160 valence electrons. The van der Waals surface area contributed by atoms with Crippen LogP contribution >= 0.6 is 24.0 Å². The summed E-state index contributed by atoms with van der Waals surface area (Å²) in [4.78, 5) is 27.0. The molecule has 9 heteroatoms. The molecule has 0 saturated carbocycles. The number of guanidine groups is 1. The first-order chi connectivity index (χ1) is 12.3. The lowest BCUT2D eigenvalue weighted by atomic mass is 10.2. The maximum absolute atomic E-state index is 11.5. The lowest BCUT2D eigenvalue weighted by molar-refractivity contribution is -0.140. The third-order valence-electron chi connectivity index (χ3n) is 3.20. The number of hydrogen-bond acceptors (Lipinski definition) is 5. The van der Waals surface area contributed by atoms with Gasteiger partial charge in [0.1, 0.15) is 5.60 Å². The molecular weight excluding hydrogens is 463 g/mol. The highest BCUT2D eigenvalue weighted by Gasteiger charge is 2.15. The van der Waals surface area contributed by atoms with Gasteiger partial charge in [-0.3, -0.25) is 9.79 Å². The Hall–Kier alpha value is -1.26. The van der Waals surface area contributed by atoms with E-state index >= 15 is 0 Å². The molecule has 0 bridgehead atoms.